The van der Waals surface area contributed by atoms with Crippen LogP contribution < -0.4 is 10.1 Å². The fraction of sp³-hybridized carbons (Fsp3) is 0.647. The molecule has 0 spiro atoms. The summed E-state index contributed by atoms with van der Waals surface area (Å²) in [6, 6.07) is 7.06. The molecule has 1 aromatic rings. The summed E-state index contributed by atoms with van der Waals surface area (Å²) in [4.78, 5) is 0. The van der Waals surface area contributed by atoms with Crippen LogP contribution in [0.15, 0.2) is 18.2 Å². The minimum absolute atomic E-state index is 0.199. The summed E-state index contributed by atoms with van der Waals surface area (Å²) < 4.78 is 6.00. The molecule has 1 atom stereocenters. The first-order valence-electron chi connectivity index (χ1n) is 7.33. The minimum atomic E-state index is 0.199. The Balaban J connectivity index is 2.00. The summed E-state index contributed by atoms with van der Waals surface area (Å²) in [7, 11) is 2.03. The number of ether oxygens (including phenoxy) is 1. The summed E-state index contributed by atoms with van der Waals surface area (Å²) in [6.07, 6.45) is 2.69. The van der Waals surface area contributed by atoms with E-state index in [1.54, 1.807) is 0 Å². The van der Waals surface area contributed by atoms with Crippen LogP contribution in [0.25, 0.3) is 0 Å². The van der Waals surface area contributed by atoms with E-state index in [1.165, 1.54) is 24.0 Å². The highest BCUT2D eigenvalue weighted by Crippen LogP contribution is 2.33. The van der Waals surface area contributed by atoms with Gasteiger partial charge in [-0.05, 0) is 55.3 Å². The lowest BCUT2D eigenvalue weighted by atomic mass is 9.86. The molecular formula is C17H27NO. The topological polar surface area (TPSA) is 21.3 Å². The average molecular weight is 261 g/mol. The van der Waals surface area contributed by atoms with E-state index in [-0.39, 0.29) is 5.41 Å². The predicted molar refractivity (Wildman–Crippen MR) is 80.9 cm³/mol. The molecule has 0 saturated heterocycles. The Labute approximate surface area is 117 Å². The Hall–Kier alpha value is -1.02. The maximum absolute atomic E-state index is 6.00. The summed E-state index contributed by atoms with van der Waals surface area (Å²) >= 11 is 0. The van der Waals surface area contributed by atoms with Gasteiger partial charge in [-0.15, -0.1) is 0 Å². The molecule has 2 rings (SSSR count). The van der Waals surface area contributed by atoms with E-state index in [0.717, 1.165) is 18.3 Å². The van der Waals surface area contributed by atoms with Crippen LogP contribution >= 0.6 is 0 Å². The van der Waals surface area contributed by atoms with Crippen LogP contribution in [0.5, 0.6) is 5.75 Å². The van der Waals surface area contributed by atoms with Crippen molar-refractivity contribution in [3.8, 4) is 5.75 Å². The molecule has 0 aromatic heterocycles. The normalized spacial score (nSPS) is 17.3. The SMILES string of the molecule is CNC(COc1ccc(C(C)(C)C)cc1C)C1CC1. The third-order valence-corrected chi connectivity index (χ3v) is 4.02. The zero-order chi connectivity index (χ0) is 14.0. The van der Waals surface area contributed by atoms with Crippen molar-refractivity contribution in [3.05, 3.63) is 29.3 Å². The van der Waals surface area contributed by atoms with Gasteiger partial charge in [0.15, 0.2) is 0 Å². The van der Waals surface area contributed by atoms with Crippen LogP contribution in [-0.2, 0) is 5.41 Å². The molecule has 1 unspecified atom stereocenters. The molecule has 1 N–H and O–H groups in total. The molecule has 106 valence electrons. The lowest BCUT2D eigenvalue weighted by molar-refractivity contribution is 0.255. The van der Waals surface area contributed by atoms with Gasteiger partial charge in [-0.3, -0.25) is 0 Å². The number of rotatable bonds is 5. The van der Waals surface area contributed by atoms with Crippen molar-refractivity contribution in [1.82, 2.24) is 5.32 Å². The fourth-order valence-electron chi connectivity index (χ4n) is 2.41. The van der Waals surface area contributed by atoms with Crippen LogP contribution in [0.2, 0.25) is 0 Å². The van der Waals surface area contributed by atoms with Crippen molar-refractivity contribution in [3.63, 3.8) is 0 Å². The van der Waals surface area contributed by atoms with Gasteiger partial charge in [0.05, 0.1) is 0 Å². The summed E-state index contributed by atoms with van der Waals surface area (Å²) in [6.45, 7) is 9.64. The quantitative estimate of drug-likeness (QED) is 0.873. The Kier molecular flexibility index (Phi) is 4.19. The first-order valence-corrected chi connectivity index (χ1v) is 7.33. The molecule has 2 nitrogen and oxygen atoms in total. The summed E-state index contributed by atoms with van der Waals surface area (Å²) in [5, 5.41) is 3.36. The van der Waals surface area contributed by atoms with Crippen molar-refractivity contribution in [2.45, 2.75) is 52.0 Å². The Bertz CT molecular complexity index is 429. The van der Waals surface area contributed by atoms with Gasteiger partial charge in [0, 0.05) is 6.04 Å². The van der Waals surface area contributed by atoms with Crippen molar-refractivity contribution >= 4 is 0 Å². The highest BCUT2D eigenvalue weighted by Gasteiger charge is 2.30. The Morgan fingerprint density at radius 2 is 2.00 bits per heavy atom. The van der Waals surface area contributed by atoms with Gasteiger partial charge >= 0.3 is 0 Å². The van der Waals surface area contributed by atoms with E-state index in [4.69, 9.17) is 4.74 Å². The van der Waals surface area contributed by atoms with Gasteiger partial charge in [0.1, 0.15) is 12.4 Å². The van der Waals surface area contributed by atoms with Crippen LogP contribution in [-0.4, -0.2) is 19.7 Å². The molecule has 0 heterocycles. The third-order valence-electron chi connectivity index (χ3n) is 4.02. The van der Waals surface area contributed by atoms with E-state index < -0.39 is 0 Å². The zero-order valence-corrected chi connectivity index (χ0v) is 12.9. The molecule has 19 heavy (non-hydrogen) atoms. The van der Waals surface area contributed by atoms with Gasteiger partial charge in [-0.2, -0.15) is 0 Å². The second-order valence-electron chi connectivity index (χ2n) is 6.77. The fourth-order valence-corrected chi connectivity index (χ4v) is 2.41. The zero-order valence-electron chi connectivity index (χ0n) is 12.9. The standard InChI is InChI=1S/C17H27NO/c1-12-10-14(17(2,3)4)8-9-16(12)19-11-15(18-5)13-6-7-13/h8-10,13,15,18H,6-7,11H2,1-5H3. The molecular weight excluding hydrogens is 234 g/mol. The average Bonchev–Trinajstić information content (AvgIpc) is 3.14. The summed E-state index contributed by atoms with van der Waals surface area (Å²) in [5.41, 5.74) is 2.80. The lowest BCUT2D eigenvalue weighted by Gasteiger charge is -2.22. The maximum Gasteiger partial charge on any atom is 0.122 e. The number of nitrogens with one attached hydrogen (secondary N) is 1. The van der Waals surface area contributed by atoms with E-state index in [1.807, 2.05) is 7.05 Å². The molecule has 1 aliphatic rings. The van der Waals surface area contributed by atoms with Crippen LogP contribution in [0.3, 0.4) is 0 Å². The lowest BCUT2D eigenvalue weighted by Crippen LogP contribution is -2.33. The third kappa shape index (κ3) is 3.73. The van der Waals surface area contributed by atoms with Crippen molar-refractivity contribution in [2.75, 3.05) is 13.7 Å². The molecule has 1 fully saturated rings. The highest BCUT2D eigenvalue weighted by atomic mass is 16.5. The molecule has 0 bridgehead atoms. The largest absolute Gasteiger partial charge is 0.492 e. The van der Waals surface area contributed by atoms with Gasteiger partial charge in [0.2, 0.25) is 0 Å². The van der Waals surface area contributed by atoms with Crippen molar-refractivity contribution in [1.29, 1.82) is 0 Å². The molecule has 1 aliphatic carbocycles. The maximum atomic E-state index is 6.00. The van der Waals surface area contributed by atoms with Crippen molar-refractivity contribution < 1.29 is 4.74 Å². The number of benzene rings is 1. The van der Waals surface area contributed by atoms with Gasteiger partial charge in [-0.1, -0.05) is 32.9 Å². The summed E-state index contributed by atoms with van der Waals surface area (Å²) in [5.74, 6) is 1.84. The van der Waals surface area contributed by atoms with Gasteiger partial charge in [0.25, 0.3) is 0 Å². The number of aryl methyl sites for hydroxylation is 1. The molecule has 0 amide bonds. The van der Waals surface area contributed by atoms with Gasteiger partial charge < -0.3 is 10.1 Å². The van der Waals surface area contributed by atoms with E-state index in [2.05, 4.69) is 51.2 Å². The van der Waals surface area contributed by atoms with Crippen LogP contribution in [0.4, 0.5) is 0 Å². The monoisotopic (exact) mass is 261 g/mol. The van der Waals surface area contributed by atoms with Crippen LogP contribution in [0, 0.1) is 12.8 Å². The second kappa shape index (κ2) is 5.54. The Morgan fingerprint density at radius 3 is 2.47 bits per heavy atom. The molecule has 0 radical (unpaired) electrons. The molecule has 0 aliphatic heterocycles. The number of hydrogen-bond acceptors (Lipinski definition) is 2. The van der Waals surface area contributed by atoms with E-state index in [0.29, 0.717) is 6.04 Å². The molecule has 1 aromatic carbocycles. The first-order chi connectivity index (χ1) is 8.91. The van der Waals surface area contributed by atoms with Gasteiger partial charge in [-0.25, -0.2) is 0 Å². The molecule has 1 saturated carbocycles. The first kappa shape index (κ1) is 14.4. The second-order valence-corrected chi connectivity index (χ2v) is 6.77. The molecule has 2 heteroatoms. The highest BCUT2D eigenvalue weighted by molar-refractivity contribution is 5.38. The minimum Gasteiger partial charge on any atom is -0.492 e. The van der Waals surface area contributed by atoms with Crippen molar-refractivity contribution in [2.24, 2.45) is 5.92 Å². The number of hydrogen-bond donors (Lipinski definition) is 1. The number of likely N-dealkylation sites (N-methyl/N-ethyl adjacent to an activating group) is 1. The van der Waals surface area contributed by atoms with Crippen LogP contribution in [0.1, 0.15) is 44.7 Å². The van der Waals surface area contributed by atoms with E-state index in [9.17, 15) is 0 Å². The predicted octanol–water partition coefficient (Wildman–Crippen LogP) is 3.67. The Morgan fingerprint density at radius 1 is 1.32 bits per heavy atom. The van der Waals surface area contributed by atoms with E-state index >= 15 is 0 Å². The smallest absolute Gasteiger partial charge is 0.122 e.